The Hall–Kier alpha value is -2.99. The van der Waals surface area contributed by atoms with Crippen LogP contribution in [0.25, 0.3) is 0 Å². The lowest BCUT2D eigenvalue weighted by molar-refractivity contribution is -0.117. The third-order valence-electron chi connectivity index (χ3n) is 5.37. The minimum Gasteiger partial charge on any atom is -0.506 e. The van der Waals surface area contributed by atoms with Gasteiger partial charge in [-0.2, -0.15) is 8.42 Å². The number of carbonyl (C=O) groups excluding carboxylic acids is 1. The van der Waals surface area contributed by atoms with Crippen molar-refractivity contribution >= 4 is 33.4 Å². The molecule has 12 heteroatoms. The van der Waals surface area contributed by atoms with Gasteiger partial charge in [-0.05, 0) is 31.4 Å². The molecule has 2 aliphatic rings. The van der Waals surface area contributed by atoms with E-state index in [0.29, 0.717) is 10.8 Å². The smallest absolute Gasteiger partial charge is 0.326 e. The monoisotopic (exact) mass is 436 g/mol. The number of benzene rings is 1. The number of halogens is 1. The Morgan fingerprint density at radius 1 is 1.40 bits per heavy atom. The van der Waals surface area contributed by atoms with Crippen LogP contribution in [0.1, 0.15) is 31.5 Å². The Kier molecular flexibility index (Phi) is 4.77. The molecule has 1 saturated heterocycles. The second-order valence-electron chi connectivity index (χ2n) is 7.60. The maximum absolute atomic E-state index is 14.6. The molecule has 0 radical (unpaired) electrons. The highest BCUT2D eigenvalue weighted by molar-refractivity contribution is 7.92. The Morgan fingerprint density at radius 3 is 2.80 bits per heavy atom. The van der Waals surface area contributed by atoms with E-state index in [2.05, 4.69) is 34.4 Å². The fourth-order valence-electron chi connectivity index (χ4n) is 3.51. The number of anilines is 3. The molecule has 1 aromatic carbocycles. The molecule has 0 spiro atoms. The first-order valence-corrected chi connectivity index (χ1v) is 10.8. The van der Waals surface area contributed by atoms with Crippen molar-refractivity contribution in [1.29, 1.82) is 0 Å². The van der Waals surface area contributed by atoms with Crippen LogP contribution in [0.15, 0.2) is 18.3 Å². The number of aromatic hydroxyl groups is 1. The standard InChI is InChI=1S/C18H21FN6O4S/c1-3-18(2)6-10-7-20-17(23-13(10)8-21-18)22-11-4-12(19)16(14(26)5-11)25-9-15(27)24-30(25,28)29/h4-5,7,21,26H,3,6,8-9H2,1-2H3,(H,24,27)(H,20,22,23). The summed E-state index contributed by atoms with van der Waals surface area (Å²) in [4.78, 5) is 20.1. The molecule has 4 rings (SSSR count). The number of hydrogen-bond acceptors (Lipinski definition) is 8. The number of fused-ring (bicyclic) bond motifs is 1. The topological polar surface area (TPSA) is 137 Å². The molecule has 1 unspecified atom stereocenters. The van der Waals surface area contributed by atoms with E-state index < -0.39 is 39.9 Å². The van der Waals surface area contributed by atoms with E-state index in [0.717, 1.165) is 36.2 Å². The predicted molar refractivity (Wildman–Crippen MR) is 107 cm³/mol. The molecule has 2 aromatic rings. The zero-order valence-corrected chi connectivity index (χ0v) is 17.2. The highest BCUT2D eigenvalue weighted by atomic mass is 32.2. The first-order chi connectivity index (χ1) is 14.1. The molecule has 4 N–H and O–H groups in total. The fourth-order valence-corrected chi connectivity index (χ4v) is 4.68. The summed E-state index contributed by atoms with van der Waals surface area (Å²) in [6, 6.07) is 2.15. The molecule has 1 fully saturated rings. The van der Waals surface area contributed by atoms with Gasteiger partial charge in [-0.3, -0.25) is 4.79 Å². The molecular weight excluding hydrogens is 415 g/mol. The summed E-state index contributed by atoms with van der Waals surface area (Å²) in [5.41, 5.74) is 1.37. The van der Waals surface area contributed by atoms with Crippen LogP contribution < -0.4 is 19.7 Å². The molecule has 30 heavy (non-hydrogen) atoms. The minimum absolute atomic E-state index is 0.0117. The third kappa shape index (κ3) is 3.63. The van der Waals surface area contributed by atoms with Crippen LogP contribution in [0.5, 0.6) is 5.75 Å². The lowest BCUT2D eigenvalue weighted by atomic mass is 9.87. The summed E-state index contributed by atoms with van der Waals surface area (Å²) >= 11 is 0. The molecule has 1 aromatic heterocycles. The van der Waals surface area contributed by atoms with Crippen molar-refractivity contribution in [2.45, 2.75) is 38.8 Å². The van der Waals surface area contributed by atoms with E-state index in [-0.39, 0.29) is 17.2 Å². The van der Waals surface area contributed by atoms with Gasteiger partial charge >= 0.3 is 10.2 Å². The summed E-state index contributed by atoms with van der Waals surface area (Å²) < 4.78 is 40.7. The zero-order valence-electron chi connectivity index (χ0n) is 16.4. The van der Waals surface area contributed by atoms with Crippen LogP contribution in [-0.4, -0.2) is 41.5 Å². The van der Waals surface area contributed by atoms with Crippen molar-refractivity contribution in [3.05, 3.63) is 35.4 Å². The molecule has 1 amide bonds. The number of phenols is 1. The lowest BCUT2D eigenvalue weighted by Crippen LogP contribution is -2.47. The van der Waals surface area contributed by atoms with Crippen LogP contribution in [-0.2, 0) is 28.0 Å². The number of carbonyl (C=O) groups is 1. The number of aromatic nitrogens is 2. The molecule has 2 aliphatic heterocycles. The van der Waals surface area contributed by atoms with E-state index in [9.17, 15) is 22.7 Å². The summed E-state index contributed by atoms with van der Waals surface area (Å²) in [5, 5.41) is 16.5. The van der Waals surface area contributed by atoms with Crippen LogP contribution in [0.2, 0.25) is 0 Å². The van der Waals surface area contributed by atoms with Crippen LogP contribution in [0, 0.1) is 5.82 Å². The normalized spacial score (nSPS) is 22.5. The summed E-state index contributed by atoms with van der Waals surface area (Å²) in [5.74, 6) is -2.26. The van der Waals surface area contributed by atoms with Gasteiger partial charge in [0.15, 0.2) is 5.82 Å². The van der Waals surface area contributed by atoms with Gasteiger partial charge < -0.3 is 15.7 Å². The van der Waals surface area contributed by atoms with Crippen molar-refractivity contribution in [3.8, 4) is 5.75 Å². The number of amides is 1. The van der Waals surface area contributed by atoms with E-state index >= 15 is 0 Å². The third-order valence-corrected chi connectivity index (χ3v) is 6.74. The number of nitrogens with zero attached hydrogens (tertiary/aromatic N) is 3. The Balaban J connectivity index is 1.59. The first kappa shape index (κ1) is 20.3. The number of phenolic OH excluding ortho intramolecular Hbond substituents is 1. The minimum atomic E-state index is -4.25. The molecule has 160 valence electrons. The van der Waals surface area contributed by atoms with Gasteiger partial charge in [0.2, 0.25) is 5.95 Å². The Bertz CT molecular complexity index is 1120. The SMILES string of the molecule is CCC1(C)Cc2cnc(Nc3cc(O)c(N4CC(=O)NS4(=O)=O)c(F)c3)nc2CN1. The number of nitrogens with one attached hydrogen (secondary N) is 3. The van der Waals surface area contributed by atoms with Crippen molar-refractivity contribution in [2.75, 3.05) is 16.2 Å². The van der Waals surface area contributed by atoms with Gasteiger partial charge in [0.25, 0.3) is 5.91 Å². The quantitative estimate of drug-likeness (QED) is 0.559. The highest BCUT2D eigenvalue weighted by Gasteiger charge is 2.37. The number of hydrogen-bond donors (Lipinski definition) is 4. The highest BCUT2D eigenvalue weighted by Crippen LogP contribution is 2.36. The lowest BCUT2D eigenvalue weighted by Gasteiger charge is -2.34. The predicted octanol–water partition coefficient (Wildman–Crippen LogP) is 1.06. The summed E-state index contributed by atoms with van der Waals surface area (Å²) in [6.45, 7) is 4.21. The van der Waals surface area contributed by atoms with E-state index in [1.165, 1.54) is 0 Å². The van der Waals surface area contributed by atoms with Gasteiger partial charge in [0.1, 0.15) is 18.0 Å². The average molecular weight is 436 g/mol. The first-order valence-electron chi connectivity index (χ1n) is 9.33. The van der Waals surface area contributed by atoms with Crippen molar-refractivity contribution in [3.63, 3.8) is 0 Å². The van der Waals surface area contributed by atoms with Crippen molar-refractivity contribution in [1.82, 2.24) is 20.0 Å². The second kappa shape index (κ2) is 7.06. The van der Waals surface area contributed by atoms with Gasteiger partial charge in [0, 0.05) is 30.0 Å². The molecular formula is C18H21FN6O4S. The van der Waals surface area contributed by atoms with Gasteiger partial charge in [-0.25, -0.2) is 23.4 Å². The Labute approximate surface area is 172 Å². The molecule has 0 aliphatic carbocycles. The molecule has 1 atom stereocenters. The maximum atomic E-state index is 14.6. The van der Waals surface area contributed by atoms with Crippen LogP contribution >= 0.6 is 0 Å². The average Bonchev–Trinajstić information content (AvgIpc) is 2.93. The summed E-state index contributed by atoms with van der Waals surface area (Å²) in [6.07, 6.45) is 3.48. The number of rotatable bonds is 4. The largest absolute Gasteiger partial charge is 0.506 e. The van der Waals surface area contributed by atoms with Crippen molar-refractivity contribution < 1.29 is 22.7 Å². The van der Waals surface area contributed by atoms with E-state index in [1.807, 2.05) is 0 Å². The molecule has 3 heterocycles. The Morgan fingerprint density at radius 2 is 2.17 bits per heavy atom. The van der Waals surface area contributed by atoms with Crippen LogP contribution in [0.4, 0.5) is 21.7 Å². The summed E-state index contributed by atoms with van der Waals surface area (Å²) in [7, 11) is -4.25. The van der Waals surface area contributed by atoms with E-state index in [1.54, 1.807) is 10.9 Å². The zero-order chi connectivity index (χ0) is 21.7. The fraction of sp³-hybridized carbons (Fsp3) is 0.389. The molecule has 10 nitrogen and oxygen atoms in total. The van der Waals surface area contributed by atoms with Gasteiger partial charge in [0.05, 0.1) is 5.69 Å². The molecule has 0 saturated carbocycles. The molecule has 0 bridgehead atoms. The maximum Gasteiger partial charge on any atom is 0.326 e. The second-order valence-corrected chi connectivity index (χ2v) is 9.19. The van der Waals surface area contributed by atoms with Crippen LogP contribution in [0.3, 0.4) is 0 Å². The van der Waals surface area contributed by atoms with E-state index in [4.69, 9.17) is 0 Å². The van der Waals surface area contributed by atoms with Gasteiger partial charge in [-0.1, -0.05) is 6.92 Å². The van der Waals surface area contributed by atoms with Gasteiger partial charge in [-0.15, -0.1) is 0 Å². The van der Waals surface area contributed by atoms with Crippen molar-refractivity contribution in [2.24, 2.45) is 0 Å².